The van der Waals surface area contributed by atoms with Crippen molar-refractivity contribution in [1.29, 1.82) is 0 Å². The normalized spacial score (nSPS) is 28.6. The van der Waals surface area contributed by atoms with Crippen molar-refractivity contribution in [3.8, 4) is 0 Å². The number of aliphatic hydroxyl groups is 1. The maximum absolute atomic E-state index is 13.0. The number of likely N-dealkylation sites (tertiary alicyclic amines) is 1. The van der Waals surface area contributed by atoms with E-state index in [-0.39, 0.29) is 37.6 Å². The Hall–Kier alpha value is -2.45. The van der Waals surface area contributed by atoms with Gasteiger partial charge in [0.05, 0.1) is 23.6 Å². The Morgan fingerprint density at radius 2 is 2.04 bits per heavy atom. The summed E-state index contributed by atoms with van der Waals surface area (Å²) in [6.45, 7) is 0.670. The van der Waals surface area contributed by atoms with Crippen molar-refractivity contribution in [2.24, 2.45) is 11.1 Å². The van der Waals surface area contributed by atoms with Gasteiger partial charge in [-0.25, -0.2) is 0 Å². The average Bonchev–Trinajstić information content (AvgIpc) is 2.69. The molecule has 0 aromatic heterocycles. The van der Waals surface area contributed by atoms with Crippen molar-refractivity contribution >= 4 is 17.8 Å². The van der Waals surface area contributed by atoms with Crippen LogP contribution in [0.25, 0.3) is 0 Å². The third-order valence-corrected chi connectivity index (χ3v) is 5.79. The minimum absolute atomic E-state index is 0.0581. The van der Waals surface area contributed by atoms with Crippen molar-refractivity contribution in [2.45, 2.75) is 50.3 Å². The minimum Gasteiger partial charge on any atom is -0.481 e. The zero-order chi connectivity index (χ0) is 20.3. The van der Waals surface area contributed by atoms with Gasteiger partial charge in [0, 0.05) is 19.5 Å². The second-order valence-corrected chi connectivity index (χ2v) is 7.82. The highest BCUT2D eigenvalue weighted by Gasteiger charge is 2.50. The molecule has 1 aromatic carbocycles. The van der Waals surface area contributed by atoms with E-state index < -0.39 is 29.6 Å². The third-order valence-electron chi connectivity index (χ3n) is 5.79. The maximum atomic E-state index is 13.0. The second-order valence-electron chi connectivity index (χ2n) is 7.82. The van der Waals surface area contributed by atoms with Gasteiger partial charge in [-0.05, 0) is 31.2 Å². The Kier molecular flexibility index (Phi) is 6.00. The summed E-state index contributed by atoms with van der Waals surface area (Å²) in [6.07, 6.45) is 0.619. The molecule has 2 saturated heterocycles. The molecule has 152 valence electrons. The van der Waals surface area contributed by atoms with E-state index in [0.29, 0.717) is 19.4 Å². The summed E-state index contributed by atoms with van der Waals surface area (Å²) in [5.41, 5.74) is 5.87. The number of amides is 2. The number of aliphatic carboxylic acids is 1. The van der Waals surface area contributed by atoms with Crippen LogP contribution in [0.15, 0.2) is 30.3 Å². The number of nitrogens with zero attached hydrogens (tertiary/aromatic N) is 1. The predicted octanol–water partition coefficient (Wildman–Crippen LogP) is 0.409. The van der Waals surface area contributed by atoms with E-state index in [1.165, 1.54) is 0 Å². The number of nitrogens with two attached hydrogens (primary N) is 1. The smallest absolute Gasteiger partial charge is 0.303 e. The Morgan fingerprint density at radius 3 is 2.71 bits per heavy atom. The first-order valence-corrected chi connectivity index (χ1v) is 9.62. The summed E-state index contributed by atoms with van der Waals surface area (Å²) in [4.78, 5) is 37.9. The number of carbonyl (C=O) groups is 3. The molecule has 8 nitrogen and oxygen atoms in total. The van der Waals surface area contributed by atoms with E-state index in [4.69, 9.17) is 10.8 Å². The molecule has 2 aliphatic heterocycles. The second kappa shape index (κ2) is 8.28. The summed E-state index contributed by atoms with van der Waals surface area (Å²) in [5.74, 6) is -1.50. The first kappa shape index (κ1) is 20.3. The summed E-state index contributed by atoms with van der Waals surface area (Å²) in [5, 5.41) is 22.4. The van der Waals surface area contributed by atoms with Crippen LogP contribution in [-0.2, 0) is 14.4 Å². The van der Waals surface area contributed by atoms with E-state index in [9.17, 15) is 19.5 Å². The van der Waals surface area contributed by atoms with Crippen LogP contribution < -0.4 is 11.1 Å². The minimum atomic E-state index is -1.000. The van der Waals surface area contributed by atoms with Crippen LogP contribution in [0.4, 0.5) is 0 Å². The number of aliphatic hydroxyl groups excluding tert-OH is 1. The van der Waals surface area contributed by atoms with E-state index in [0.717, 1.165) is 5.56 Å². The van der Waals surface area contributed by atoms with Crippen LogP contribution in [0.2, 0.25) is 0 Å². The number of carboxylic acid groups (broad SMARTS) is 1. The molecule has 1 spiro atoms. The molecule has 2 aliphatic rings. The van der Waals surface area contributed by atoms with Crippen molar-refractivity contribution in [3.63, 3.8) is 0 Å². The molecule has 0 radical (unpaired) electrons. The molecule has 4 atom stereocenters. The molecule has 2 amide bonds. The van der Waals surface area contributed by atoms with Crippen LogP contribution in [0.1, 0.15) is 43.7 Å². The highest BCUT2D eigenvalue weighted by atomic mass is 16.4. The highest BCUT2D eigenvalue weighted by molar-refractivity contribution is 5.87. The molecule has 0 aliphatic carbocycles. The van der Waals surface area contributed by atoms with Gasteiger partial charge in [0.2, 0.25) is 11.8 Å². The first-order valence-electron chi connectivity index (χ1n) is 9.62. The molecule has 1 aromatic rings. The van der Waals surface area contributed by atoms with Crippen molar-refractivity contribution in [3.05, 3.63) is 35.9 Å². The zero-order valence-corrected chi connectivity index (χ0v) is 15.7. The van der Waals surface area contributed by atoms with E-state index >= 15 is 0 Å². The van der Waals surface area contributed by atoms with Gasteiger partial charge in [0.15, 0.2) is 0 Å². The van der Waals surface area contributed by atoms with Gasteiger partial charge in [-0.1, -0.05) is 30.3 Å². The van der Waals surface area contributed by atoms with Gasteiger partial charge in [-0.15, -0.1) is 0 Å². The molecular formula is C20H27N3O5. The predicted molar refractivity (Wildman–Crippen MR) is 101 cm³/mol. The zero-order valence-electron chi connectivity index (χ0n) is 15.7. The number of hydrogen-bond acceptors (Lipinski definition) is 5. The van der Waals surface area contributed by atoms with Crippen molar-refractivity contribution < 1.29 is 24.6 Å². The Bertz CT molecular complexity index is 741. The third kappa shape index (κ3) is 4.18. The summed E-state index contributed by atoms with van der Waals surface area (Å²) >= 11 is 0. The lowest BCUT2D eigenvalue weighted by Gasteiger charge is -2.47. The molecular weight excluding hydrogens is 362 g/mol. The van der Waals surface area contributed by atoms with Gasteiger partial charge < -0.3 is 26.2 Å². The lowest BCUT2D eigenvalue weighted by molar-refractivity contribution is -0.150. The number of piperidine rings is 2. The first-order chi connectivity index (χ1) is 13.3. The van der Waals surface area contributed by atoms with Gasteiger partial charge in [0.1, 0.15) is 0 Å². The highest BCUT2D eigenvalue weighted by Crippen LogP contribution is 2.41. The molecule has 0 unspecified atom stereocenters. The summed E-state index contributed by atoms with van der Waals surface area (Å²) < 4.78 is 0. The Morgan fingerprint density at radius 1 is 1.32 bits per heavy atom. The van der Waals surface area contributed by atoms with Crippen LogP contribution >= 0.6 is 0 Å². The van der Waals surface area contributed by atoms with Crippen molar-refractivity contribution in [2.75, 3.05) is 13.1 Å². The average molecular weight is 389 g/mol. The SMILES string of the molecule is N[C@@H](CCC(=O)O)C(=O)N1CCC[C@]2(C[C@@H](O)[C@H](c3ccccc3)NC2=O)C1. The standard InChI is InChI=1S/C20H27N3O5/c21-14(7-8-16(25)26)18(27)23-10-4-9-20(12-23)11-15(24)17(22-19(20)28)13-5-2-1-3-6-13/h1-3,5-6,14-15,17,24H,4,7-12,21H2,(H,22,28)(H,25,26)/t14-,15+,17-,20-/m0/s1. The molecule has 0 bridgehead atoms. The number of hydrogen-bond donors (Lipinski definition) is 4. The summed E-state index contributed by atoms with van der Waals surface area (Å²) in [6, 6.07) is 7.95. The summed E-state index contributed by atoms with van der Waals surface area (Å²) in [7, 11) is 0. The molecule has 28 heavy (non-hydrogen) atoms. The number of carbonyl (C=O) groups excluding carboxylic acids is 2. The number of carboxylic acids is 1. The lowest BCUT2D eigenvalue weighted by Crippen LogP contribution is -2.61. The molecule has 2 heterocycles. The Labute approximate surface area is 163 Å². The van der Waals surface area contributed by atoms with Crippen LogP contribution in [0.3, 0.4) is 0 Å². The number of rotatable bonds is 5. The van der Waals surface area contributed by atoms with Gasteiger partial charge >= 0.3 is 5.97 Å². The van der Waals surface area contributed by atoms with E-state index in [2.05, 4.69) is 5.32 Å². The van der Waals surface area contributed by atoms with Gasteiger partial charge in [-0.3, -0.25) is 14.4 Å². The lowest BCUT2D eigenvalue weighted by atomic mass is 9.70. The van der Waals surface area contributed by atoms with Crippen LogP contribution in [0, 0.1) is 5.41 Å². The molecule has 5 N–H and O–H groups in total. The quantitative estimate of drug-likeness (QED) is 0.576. The molecule has 3 rings (SSSR count). The van der Waals surface area contributed by atoms with Crippen LogP contribution in [0.5, 0.6) is 0 Å². The van der Waals surface area contributed by atoms with Gasteiger partial charge in [-0.2, -0.15) is 0 Å². The molecule has 8 heteroatoms. The fourth-order valence-corrected chi connectivity index (χ4v) is 4.28. The van der Waals surface area contributed by atoms with Gasteiger partial charge in [0.25, 0.3) is 0 Å². The maximum Gasteiger partial charge on any atom is 0.303 e. The fourth-order valence-electron chi connectivity index (χ4n) is 4.28. The monoisotopic (exact) mass is 389 g/mol. The fraction of sp³-hybridized carbons (Fsp3) is 0.550. The Balaban J connectivity index is 1.69. The molecule has 0 saturated carbocycles. The topological polar surface area (TPSA) is 133 Å². The van der Waals surface area contributed by atoms with Crippen molar-refractivity contribution in [1.82, 2.24) is 10.2 Å². The molecule has 2 fully saturated rings. The largest absolute Gasteiger partial charge is 0.481 e. The number of benzene rings is 1. The van der Waals surface area contributed by atoms with Crippen LogP contribution in [-0.4, -0.2) is 58.1 Å². The number of nitrogens with one attached hydrogen (secondary N) is 1. The van der Waals surface area contributed by atoms with E-state index in [1.807, 2.05) is 30.3 Å². The van der Waals surface area contributed by atoms with E-state index in [1.54, 1.807) is 4.90 Å².